The summed E-state index contributed by atoms with van der Waals surface area (Å²) >= 11 is 0. The molecule has 1 aliphatic heterocycles. The summed E-state index contributed by atoms with van der Waals surface area (Å²) in [6, 6.07) is 0. The highest BCUT2D eigenvalue weighted by atomic mass is 31.1. The van der Waals surface area contributed by atoms with Crippen LogP contribution in [0.15, 0.2) is 4.76 Å². The molecule has 0 N–H and O–H groups in total. The zero-order valence-electron chi connectivity index (χ0n) is 4.42. The monoisotopic (exact) mass is 147 g/mol. The predicted molar refractivity (Wildman–Crippen MR) is 37.5 cm³/mol. The van der Waals surface area contributed by atoms with Gasteiger partial charge in [-0.2, -0.15) is 4.76 Å². The highest BCUT2D eigenvalue weighted by Crippen LogP contribution is 2.28. The van der Waals surface area contributed by atoms with E-state index in [9.17, 15) is 4.57 Å². The standard InChI is InChI=1S/C4H7NOP2/c6-8-5-4-2-1-3-7-4/h7H,1-3H2. The van der Waals surface area contributed by atoms with Gasteiger partial charge in [0.2, 0.25) is 0 Å². The van der Waals surface area contributed by atoms with E-state index in [1.165, 1.54) is 12.6 Å². The second-order valence-electron chi connectivity index (χ2n) is 1.66. The summed E-state index contributed by atoms with van der Waals surface area (Å²) in [5, 5.41) is 0. The molecule has 0 aromatic rings. The van der Waals surface area contributed by atoms with E-state index < -0.39 is 0 Å². The fourth-order valence-electron chi connectivity index (χ4n) is 0.712. The number of nitrogens with zero attached hydrogens (tertiary/aromatic N) is 1. The molecule has 1 heterocycles. The van der Waals surface area contributed by atoms with E-state index in [1.807, 2.05) is 0 Å². The van der Waals surface area contributed by atoms with Crippen molar-refractivity contribution >= 4 is 22.6 Å². The van der Waals surface area contributed by atoms with E-state index in [2.05, 4.69) is 4.76 Å². The van der Waals surface area contributed by atoms with Gasteiger partial charge in [-0.15, -0.1) is 0 Å². The molecule has 4 heteroatoms. The highest BCUT2D eigenvalue weighted by molar-refractivity contribution is 7.59. The van der Waals surface area contributed by atoms with Gasteiger partial charge in [0.25, 0.3) is 0 Å². The minimum Gasteiger partial charge on any atom is -0.247 e. The third kappa shape index (κ3) is 1.61. The molecular weight excluding hydrogens is 140 g/mol. The third-order valence-corrected chi connectivity index (χ3v) is 2.97. The average Bonchev–Trinajstić information content (AvgIpc) is 2.19. The summed E-state index contributed by atoms with van der Waals surface area (Å²) in [7, 11) is 0.790. The molecule has 0 spiro atoms. The first-order chi connectivity index (χ1) is 3.93. The molecule has 1 saturated heterocycles. The van der Waals surface area contributed by atoms with Gasteiger partial charge >= 0.3 is 8.61 Å². The Labute approximate surface area is 51.8 Å². The molecule has 0 amide bonds. The lowest BCUT2D eigenvalue weighted by atomic mass is 10.4. The molecule has 44 valence electrons. The Balaban J connectivity index is 2.44. The molecule has 1 rings (SSSR count). The van der Waals surface area contributed by atoms with E-state index in [0.717, 1.165) is 20.5 Å². The molecule has 0 saturated carbocycles. The minimum absolute atomic E-state index is 0.0598. The van der Waals surface area contributed by atoms with Crippen molar-refractivity contribution in [3.8, 4) is 0 Å². The van der Waals surface area contributed by atoms with Crippen LogP contribution in [0.1, 0.15) is 12.8 Å². The molecule has 0 aliphatic carbocycles. The lowest BCUT2D eigenvalue weighted by molar-refractivity contribution is 0.599. The van der Waals surface area contributed by atoms with Gasteiger partial charge in [-0.3, -0.25) is 0 Å². The van der Waals surface area contributed by atoms with Crippen LogP contribution in [0.3, 0.4) is 0 Å². The Hall–Kier alpha value is 0.200. The lowest BCUT2D eigenvalue weighted by Crippen LogP contribution is -1.74. The Morgan fingerprint density at radius 3 is 3.12 bits per heavy atom. The summed E-state index contributed by atoms with van der Waals surface area (Å²) in [6.45, 7) is 0. The largest absolute Gasteiger partial charge is 0.303 e. The van der Waals surface area contributed by atoms with E-state index in [0.29, 0.717) is 0 Å². The van der Waals surface area contributed by atoms with Gasteiger partial charge < -0.3 is 0 Å². The number of hydrogen-bond donors (Lipinski definition) is 0. The van der Waals surface area contributed by atoms with Gasteiger partial charge in [0.15, 0.2) is 0 Å². The molecular formula is C4H7NOP2. The molecule has 1 unspecified atom stereocenters. The van der Waals surface area contributed by atoms with Crippen molar-refractivity contribution < 1.29 is 4.57 Å². The van der Waals surface area contributed by atoms with E-state index in [1.54, 1.807) is 0 Å². The second kappa shape index (κ2) is 3.27. The van der Waals surface area contributed by atoms with Crippen molar-refractivity contribution in [3.05, 3.63) is 0 Å². The van der Waals surface area contributed by atoms with Crippen molar-refractivity contribution in [1.29, 1.82) is 0 Å². The SMILES string of the molecule is O=PN=C1CCCP1. The highest BCUT2D eigenvalue weighted by Gasteiger charge is 2.06. The van der Waals surface area contributed by atoms with E-state index in [4.69, 9.17) is 0 Å². The van der Waals surface area contributed by atoms with Crippen LogP contribution in [0.2, 0.25) is 0 Å². The molecule has 1 atom stereocenters. The normalized spacial score (nSPS) is 28.2. The maximum atomic E-state index is 9.88. The van der Waals surface area contributed by atoms with Crippen molar-refractivity contribution in [3.63, 3.8) is 0 Å². The van der Waals surface area contributed by atoms with Crippen LogP contribution in [0.4, 0.5) is 0 Å². The topological polar surface area (TPSA) is 29.4 Å². The summed E-state index contributed by atoms with van der Waals surface area (Å²) in [5.41, 5.74) is 1.15. The van der Waals surface area contributed by atoms with Gasteiger partial charge in [-0.05, 0) is 19.0 Å². The van der Waals surface area contributed by atoms with Gasteiger partial charge in [0.1, 0.15) is 0 Å². The van der Waals surface area contributed by atoms with Crippen LogP contribution in [0.25, 0.3) is 0 Å². The summed E-state index contributed by atoms with van der Waals surface area (Å²) in [4.78, 5) is 0. The fourth-order valence-corrected chi connectivity index (χ4v) is 2.31. The first kappa shape index (κ1) is 6.32. The summed E-state index contributed by atoms with van der Waals surface area (Å²) in [5.74, 6) is 0. The van der Waals surface area contributed by atoms with Gasteiger partial charge in [-0.1, -0.05) is 8.58 Å². The first-order valence-corrected chi connectivity index (χ1v) is 4.54. The Kier molecular flexibility index (Phi) is 2.58. The molecule has 0 radical (unpaired) electrons. The molecule has 2 nitrogen and oxygen atoms in total. The van der Waals surface area contributed by atoms with Crippen molar-refractivity contribution in [2.45, 2.75) is 12.8 Å². The molecule has 0 aromatic heterocycles. The zero-order chi connectivity index (χ0) is 5.82. The zero-order valence-corrected chi connectivity index (χ0v) is 6.32. The van der Waals surface area contributed by atoms with Crippen LogP contribution in [0, 0.1) is 0 Å². The maximum absolute atomic E-state index is 9.88. The van der Waals surface area contributed by atoms with Crippen LogP contribution in [0.5, 0.6) is 0 Å². The van der Waals surface area contributed by atoms with Gasteiger partial charge in [-0.25, -0.2) is 4.57 Å². The van der Waals surface area contributed by atoms with Crippen LogP contribution in [-0.4, -0.2) is 11.6 Å². The van der Waals surface area contributed by atoms with Gasteiger partial charge in [0.05, 0.1) is 0 Å². The van der Waals surface area contributed by atoms with Gasteiger partial charge in [0, 0.05) is 5.45 Å². The van der Waals surface area contributed by atoms with Crippen LogP contribution in [-0.2, 0) is 4.57 Å². The minimum atomic E-state index is -0.0598. The van der Waals surface area contributed by atoms with Crippen molar-refractivity contribution in [1.82, 2.24) is 0 Å². The Morgan fingerprint density at radius 1 is 1.75 bits per heavy atom. The molecule has 8 heavy (non-hydrogen) atoms. The van der Waals surface area contributed by atoms with Crippen molar-refractivity contribution in [2.24, 2.45) is 4.76 Å². The molecule has 0 aromatic carbocycles. The number of hydrogen-bond acceptors (Lipinski definition) is 1. The van der Waals surface area contributed by atoms with Crippen LogP contribution >= 0.6 is 17.2 Å². The molecule has 0 bridgehead atoms. The second-order valence-corrected chi connectivity index (χ2v) is 3.45. The summed E-state index contributed by atoms with van der Waals surface area (Å²) < 4.78 is 13.6. The average molecular weight is 147 g/mol. The smallest absolute Gasteiger partial charge is 0.247 e. The van der Waals surface area contributed by atoms with E-state index in [-0.39, 0.29) is 8.61 Å². The van der Waals surface area contributed by atoms with Crippen LogP contribution < -0.4 is 0 Å². The fraction of sp³-hybridized carbons (Fsp3) is 0.750. The first-order valence-electron chi connectivity index (χ1n) is 2.56. The molecule has 1 aliphatic rings. The predicted octanol–water partition coefficient (Wildman–Crippen LogP) is 2.06. The quantitative estimate of drug-likeness (QED) is 0.522. The summed E-state index contributed by atoms with van der Waals surface area (Å²) in [6.07, 6.45) is 3.58. The lowest BCUT2D eigenvalue weighted by Gasteiger charge is -1.82. The van der Waals surface area contributed by atoms with E-state index >= 15 is 0 Å². The Bertz CT molecular complexity index is 115. The Morgan fingerprint density at radius 2 is 2.62 bits per heavy atom. The molecule has 1 fully saturated rings. The third-order valence-electron chi connectivity index (χ3n) is 1.08. The maximum Gasteiger partial charge on any atom is 0.303 e. The van der Waals surface area contributed by atoms with Crippen molar-refractivity contribution in [2.75, 3.05) is 6.16 Å². The number of rotatable bonds is 1.